The maximum Gasteiger partial charge on any atom is 0.124 e. The molecule has 0 aromatic heterocycles. The van der Waals surface area contributed by atoms with Crippen molar-refractivity contribution >= 4 is 11.4 Å². The van der Waals surface area contributed by atoms with Crippen molar-refractivity contribution in [2.24, 2.45) is 0 Å². The molecule has 0 amide bonds. The highest BCUT2D eigenvalue weighted by atomic mass is 19.1. The Labute approximate surface area is 112 Å². The van der Waals surface area contributed by atoms with E-state index in [2.05, 4.69) is 18.2 Å². The van der Waals surface area contributed by atoms with Crippen molar-refractivity contribution in [2.45, 2.75) is 12.8 Å². The zero-order chi connectivity index (χ0) is 13.2. The van der Waals surface area contributed by atoms with Crippen LogP contribution in [0.3, 0.4) is 0 Å². The molecule has 0 spiro atoms. The second-order valence-corrected chi connectivity index (χ2v) is 4.78. The summed E-state index contributed by atoms with van der Waals surface area (Å²) in [4.78, 5) is 2.03. The van der Waals surface area contributed by atoms with E-state index >= 15 is 0 Å². The normalized spacial score (nSPS) is 13.6. The van der Waals surface area contributed by atoms with E-state index in [0.717, 1.165) is 36.6 Å². The molecule has 0 saturated heterocycles. The fourth-order valence-electron chi connectivity index (χ4n) is 2.35. The van der Waals surface area contributed by atoms with E-state index in [9.17, 15) is 4.39 Å². The molecule has 0 atom stereocenters. The molecule has 3 heteroatoms. The number of halogens is 1. The summed E-state index contributed by atoms with van der Waals surface area (Å²) in [7, 11) is 1.97. The Hall–Kier alpha value is -2.03. The number of hydrogen-bond donors (Lipinski definition) is 0. The van der Waals surface area contributed by atoms with E-state index in [1.54, 1.807) is 12.1 Å². The molecule has 98 valence electrons. The summed E-state index contributed by atoms with van der Waals surface area (Å²) in [6.07, 6.45) is 2.16. The average Bonchev–Trinajstić information content (AvgIpc) is 2.47. The molecule has 1 aliphatic heterocycles. The first-order chi connectivity index (χ1) is 9.24. The van der Waals surface area contributed by atoms with Gasteiger partial charge >= 0.3 is 0 Å². The SMILES string of the molecule is CN(c1ccc(F)cc1)c1ccc2c(c1)OCCC2. The number of benzene rings is 2. The van der Waals surface area contributed by atoms with Crippen LogP contribution in [0.4, 0.5) is 15.8 Å². The van der Waals surface area contributed by atoms with Crippen LogP contribution in [0.5, 0.6) is 5.75 Å². The van der Waals surface area contributed by atoms with Crippen molar-refractivity contribution < 1.29 is 9.13 Å². The van der Waals surface area contributed by atoms with E-state index < -0.39 is 0 Å². The minimum atomic E-state index is -0.217. The van der Waals surface area contributed by atoms with Gasteiger partial charge in [0, 0.05) is 24.5 Å². The van der Waals surface area contributed by atoms with Gasteiger partial charge in [-0.2, -0.15) is 0 Å². The quantitative estimate of drug-likeness (QED) is 0.808. The number of anilines is 2. The molecule has 0 saturated carbocycles. The van der Waals surface area contributed by atoms with Gasteiger partial charge in [0.2, 0.25) is 0 Å². The van der Waals surface area contributed by atoms with E-state index in [4.69, 9.17) is 4.74 Å². The van der Waals surface area contributed by atoms with E-state index in [-0.39, 0.29) is 5.82 Å². The smallest absolute Gasteiger partial charge is 0.124 e. The van der Waals surface area contributed by atoms with Crippen LogP contribution in [-0.4, -0.2) is 13.7 Å². The summed E-state index contributed by atoms with van der Waals surface area (Å²) in [5, 5.41) is 0. The predicted molar refractivity (Wildman–Crippen MR) is 74.7 cm³/mol. The van der Waals surface area contributed by atoms with Gasteiger partial charge in [0.25, 0.3) is 0 Å². The number of hydrogen-bond acceptors (Lipinski definition) is 2. The van der Waals surface area contributed by atoms with Crippen LogP contribution in [0.1, 0.15) is 12.0 Å². The molecule has 0 aliphatic carbocycles. The molecule has 3 rings (SSSR count). The summed E-state index contributed by atoms with van der Waals surface area (Å²) in [6.45, 7) is 0.788. The molecule has 0 N–H and O–H groups in total. The predicted octanol–water partition coefficient (Wildman–Crippen LogP) is 3.92. The fourth-order valence-corrected chi connectivity index (χ4v) is 2.35. The lowest BCUT2D eigenvalue weighted by molar-refractivity contribution is 0.288. The number of ether oxygens (including phenoxy) is 1. The average molecular weight is 257 g/mol. The lowest BCUT2D eigenvalue weighted by Crippen LogP contribution is -2.12. The molecule has 1 heterocycles. The first kappa shape index (κ1) is 12.0. The molecule has 0 radical (unpaired) electrons. The third kappa shape index (κ3) is 2.41. The number of aryl methyl sites for hydroxylation is 1. The topological polar surface area (TPSA) is 12.5 Å². The Bertz CT molecular complexity index is 580. The summed E-state index contributed by atoms with van der Waals surface area (Å²) in [5.41, 5.74) is 3.27. The van der Waals surface area contributed by atoms with Crippen LogP contribution in [0.15, 0.2) is 42.5 Å². The molecule has 0 fully saturated rings. The Kier molecular flexibility index (Phi) is 3.11. The highest BCUT2D eigenvalue weighted by Gasteiger charge is 2.12. The van der Waals surface area contributed by atoms with Crippen LogP contribution >= 0.6 is 0 Å². The third-order valence-corrected chi connectivity index (χ3v) is 3.50. The highest BCUT2D eigenvalue weighted by molar-refractivity contribution is 5.64. The van der Waals surface area contributed by atoms with Crippen molar-refractivity contribution in [2.75, 3.05) is 18.6 Å². The zero-order valence-electron chi connectivity index (χ0n) is 10.9. The van der Waals surface area contributed by atoms with Crippen molar-refractivity contribution in [1.82, 2.24) is 0 Å². The van der Waals surface area contributed by atoms with Gasteiger partial charge in [0.15, 0.2) is 0 Å². The van der Waals surface area contributed by atoms with Gasteiger partial charge in [-0.15, -0.1) is 0 Å². The Morgan fingerprint density at radius 1 is 1.05 bits per heavy atom. The van der Waals surface area contributed by atoms with Crippen molar-refractivity contribution in [1.29, 1.82) is 0 Å². The Morgan fingerprint density at radius 3 is 2.58 bits per heavy atom. The van der Waals surface area contributed by atoms with Gasteiger partial charge in [0.1, 0.15) is 11.6 Å². The van der Waals surface area contributed by atoms with Crippen LogP contribution in [0.25, 0.3) is 0 Å². The van der Waals surface area contributed by atoms with Gasteiger partial charge in [-0.25, -0.2) is 4.39 Å². The fraction of sp³-hybridized carbons (Fsp3) is 0.250. The van der Waals surface area contributed by atoms with Crippen LogP contribution in [0, 0.1) is 5.82 Å². The standard InChI is InChI=1S/C16H16FNO/c1-18(14-8-5-13(17)6-9-14)15-7-4-12-3-2-10-19-16(12)11-15/h4-9,11H,2-3,10H2,1H3. The molecule has 0 unspecified atom stereocenters. The van der Waals surface area contributed by atoms with Gasteiger partial charge in [-0.3, -0.25) is 0 Å². The lowest BCUT2D eigenvalue weighted by atomic mass is 10.1. The van der Waals surface area contributed by atoms with Gasteiger partial charge < -0.3 is 9.64 Å². The number of fused-ring (bicyclic) bond motifs is 1. The van der Waals surface area contributed by atoms with Crippen molar-refractivity contribution in [3.05, 3.63) is 53.8 Å². The summed E-state index contributed by atoms with van der Waals surface area (Å²) >= 11 is 0. The summed E-state index contributed by atoms with van der Waals surface area (Å²) in [5.74, 6) is 0.753. The first-order valence-electron chi connectivity index (χ1n) is 6.49. The van der Waals surface area contributed by atoms with Gasteiger partial charge in [-0.1, -0.05) is 6.07 Å². The van der Waals surface area contributed by atoms with Crippen LogP contribution in [-0.2, 0) is 6.42 Å². The molecule has 2 aromatic rings. The summed E-state index contributed by atoms with van der Waals surface area (Å²) < 4.78 is 18.6. The van der Waals surface area contributed by atoms with E-state index in [1.165, 1.54) is 17.7 Å². The molecule has 2 nitrogen and oxygen atoms in total. The first-order valence-corrected chi connectivity index (χ1v) is 6.49. The van der Waals surface area contributed by atoms with Crippen LogP contribution in [0.2, 0.25) is 0 Å². The maximum absolute atomic E-state index is 12.9. The largest absolute Gasteiger partial charge is 0.493 e. The van der Waals surface area contributed by atoms with Crippen molar-refractivity contribution in [3.63, 3.8) is 0 Å². The summed E-state index contributed by atoms with van der Waals surface area (Å²) in [6, 6.07) is 12.7. The van der Waals surface area contributed by atoms with E-state index in [1.807, 2.05) is 11.9 Å². The molecular formula is C16H16FNO. The number of nitrogens with zero attached hydrogens (tertiary/aromatic N) is 1. The Morgan fingerprint density at radius 2 is 1.79 bits per heavy atom. The Balaban J connectivity index is 1.91. The monoisotopic (exact) mass is 257 g/mol. The maximum atomic E-state index is 12.9. The van der Waals surface area contributed by atoms with Gasteiger partial charge in [0.05, 0.1) is 6.61 Å². The van der Waals surface area contributed by atoms with Crippen molar-refractivity contribution in [3.8, 4) is 5.75 Å². The molecule has 2 aromatic carbocycles. The zero-order valence-corrected chi connectivity index (χ0v) is 10.9. The molecule has 19 heavy (non-hydrogen) atoms. The minimum Gasteiger partial charge on any atom is -0.493 e. The van der Waals surface area contributed by atoms with Gasteiger partial charge in [-0.05, 0) is 48.7 Å². The van der Waals surface area contributed by atoms with E-state index in [0.29, 0.717) is 0 Å². The molecule has 1 aliphatic rings. The second-order valence-electron chi connectivity index (χ2n) is 4.78. The second kappa shape index (κ2) is 4.92. The molecular weight excluding hydrogens is 241 g/mol. The lowest BCUT2D eigenvalue weighted by Gasteiger charge is -2.23. The minimum absolute atomic E-state index is 0.217. The number of rotatable bonds is 2. The highest BCUT2D eigenvalue weighted by Crippen LogP contribution is 2.32. The molecule has 0 bridgehead atoms. The third-order valence-electron chi connectivity index (χ3n) is 3.50. The van der Waals surface area contributed by atoms with Crippen LogP contribution < -0.4 is 9.64 Å².